The van der Waals surface area contributed by atoms with Crippen molar-refractivity contribution in [2.75, 3.05) is 0 Å². The van der Waals surface area contributed by atoms with Crippen LogP contribution in [0.25, 0.3) is 0 Å². The highest BCUT2D eigenvalue weighted by atomic mass is 127. The normalized spacial score (nSPS) is 9.62. The van der Waals surface area contributed by atoms with Gasteiger partial charge in [0.1, 0.15) is 21.0 Å². The average molecular weight is 403 g/mol. The van der Waals surface area contributed by atoms with Gasteiger partial charge in [0.25, 0.3) is 0 Å². The Balaban J connectivity index is 3.69. The van der Waals surface area contributed by atoms with Crippen molar-refractivity contribution in [2.45, 2.75) is 0 Å². The Labute approximate surface area is 101 Å². The summed E-state index contributed by atoms with van der Waals surface area (Å²) >= 11 is 3.40. The lowest BCUT2D eigenvalue weighted by atomic mass is 10.2. The van der Waals surface area contributed by atoms with Crippen molar-refractivity contribution in [1.82, 2.24) is 0 Å². The summed E-state index contributed by atoms with van der Waals surface area (Å²) in [5.41, 5.74) is -0.115. The molecule has 3 N–H and O–H groups in total. The molecular weight excluding hydrogens is 400 g/mol. The fraction of sp³-hybridized carbons (Fsp3) is 0. The number of benzene rings is 1. The molecule has 13 heavy (non-hydrogen) atoms. The molecule has 0 saturated heterocycles. The largest absolute Gasteiger partial charge is 0.506 e. The van der Waals surface area contributed by atoms with Crippen LogP contribution in [0.4, 0.5) is 0 Å². The molecule has 0 amide bonds. The van der Waals surface area contributed by atoms with Crippen molar-refractivity contribution in [3.63, 3.8) is 0 Å². The zero-order valence-corrected chi connectivity index (χ0v) is 10.4. The number of phenols is 3. The Hall–Kier alpha value is -0.430. The first kappa shape index (κ1) is 10.6. The summed E-state index contributed by atoms with van der Waals surface area (Å²) in [6.45, 7) is 0. The maximum absolute atomic E-state index is 9.39. The molecule has 0 unspecified atom stereocenters. The summed E-state index contributed by atoms with van der Waals surface area (Å²) in [7, 11) is 0. The van der Waals surface area contributed by atoms with Crippen LogP contribution in [-0.4, -0.2) is 15.3 Å². The molecule has 0 fully saturated rings. The highest BCUT2D eigenvalue weighted by molar-refractivity contribution is 14.1. The first-order chi connectivity index (χ1) is 6.00. The van der Waals surface area contributed by atoms with Gasteiger partial charge in [-0.05, 0) is 45.2 Å². The number of hydrogen-bond acceptors (Lipinski definition) is 4. The third kappa shape index (κ3) is 1.62. The minimum Gasteiger partial charge on any atom is -0.506 e. The predicted molar refractivity (Wildman–Crippen MR) is 61.6 cm³/mol. The van der Waals surface area contributed by atoms with E-state index in [9.17, 15) is 15.3 Å². The fourth-order valence-corrected chi connectivity index (χ4v) is 2.44. The molecule has 0 aromatic heterocycles. The molecular formula is C7H3I2NO3. The number of nitrogens with zero attached hydrogens (tertiary/aromatic N) is 1. The number of rotatable bonds is 0. The second-order valence-electron chi connectivity index (χ2n) is 2.16. The summed E-state index contributed by atoms with van der Waals surface area (Å²) in [5.74, 6) is -1.14. The molecule has 0 saturated carbocycles. The SMILES string of the molecule is N#Cc1c(O)c(O)c(I)c(O)c1I. The van der Waals surface area contributed by atoms with Gasteiger partial charge in [-0.2, -0.15) is 5.26 Å². The second-order valence-corrected chi connectivity index (χ2v) is 4.32. The van der Waals surface area contributed by atoms with Crippen LogP contribution in [-0.2, 0) is 0 Å². The lowest BCUT2D eigenvalue weighted by Crippen LogP contribution is -1.88. The van der Waals surface area contributed by atoms with E-state index in [4.69, 9.17) is 5.26 Å². The fourth-order valence-electron chi connectivity index (χ4n) is 0.755. The van der Waals surface area contributed by atoms with Crippen LogP contribution in [0.3, 0.4) is 0 Å². The van der Waals surface area contributed by atoms with Gasteiger partial charge in [0, 0.05) is 0 Å². The molecule has 0 aliphatic carbocycles. The molecule has 1 aromatic rings. The van der Waals surface area contributed by atoms with Crippen LogP contribution in [0.5, 0.6) is 17.2 Å². The van der Waals surface area contributed by atoms with Crippen molar-refractivity contribution in [1.29, 1.82) is 5.26 Å². The molecule has 0 spiro atoms. The lowest BCUT2D eigenvalue weighted by Gasteiger charge is -2.07. The Morgan fingerprint density at radius 1 is 0.923 bits per heavy atom. The Morgan fingerprint density at radius 3 is 1.92 bits per heavy atom. The standard InChI is InChI=1S/C7H3I2NO3/c8-3-2(1-10)5(11)7(13)4(9)6(3)12/h11-13H. The van der Waals surface area contributed by atoms with Gasteiger partial charge in [0.2, 0.25) is 0 Å². The van der Waals surface area contributed by atoms with Crippen LogP contribution in [0, 0.1) is 18.5 Å². The maximum Gasteiger partial charge on any atom is 0.178 e. The maximum atomic E-state index is 9.39. The van der Waals surface area contributed by atoms with Crippen molar-refractivity contribution >= 4 is 45.2 Å². The van der Waals surface area contributed by atoms with E-state index in [1.165, 1.54) is 0 Å². The number of phenolic OH excluding ortho intramolecular Hbond substituents is 3. The molecule has 0 atom stereocenters. The van der Waals surface area contributed by atoms with Crippen LogP contribution >= 0.6 is 45.2 Å². The molecule has 6 heteroatoms. The first-order valence-electron chi connectivity index (χ1n) is 3.02. The van der Waals surface area contributed by atoms with Crippen molar-refractivity contribution in [2.24, 2.45) is 0 Å². The summed E-state index contributed by atoms with van der Waals surface area (Å²) < 4.78 is 0.373. The van der Waals surface area contributed by atoms with Crippen molar-refractivity contribution in [3.8, 4) is 23.3 Å². The van der Waals surface area contributed by atoms with Gasteiger partial charge >= 0.3 is 0 Å². The minimum atomic E-state index is -0.492. The highest BCUT2D eigenvalue weighted by Gasteiger charge is 2.19. The van der Waals surface area contributed by atoms with Gasteiger partial charge < -0.3 is 15.3 Å². The van der Waals surface area contributed by atoms with E-state index in [1.807, 2.05) is 0 Å². The molecule has 1 aromatic carbocycles. The Bertz CT molecular complexity index is 382. The van der Waals surface area contributed by atoms with Gasteiger partial charge in [-0.1, -0.05) is 0 Å². The molecule has 0 aliphatic rings. The molecule has 0 radical (unpaired) electrons. The van der Waals surface area contributed by atoms with Crippen LogP contribution in [0.2, 0.25) is 0 Å². The summed E-state index contributed by atoms with van der Waals surface area (Å²) in [6, 6.07) is 1.69. The van der Waals surface area contributed by atoms with E-state index in [0.29, 0.717) is 0 Å². The Morgan fingerprint density at radius 2 is 1.46 bits per heavy atom. The van der Waals surface area contributed by atoms with Crippen LogP contribution in [0.15, 0.2) is 0 Å². The zero-order chi connectivity index (χ0) is 10.2. The van der Waals surface area contributed by atoms with E-state index < -0.39 is 11.5 Å². The second kappa shape index (κ2) is 3.75. The van der Waals surface area contributed by atoms with Gasteiger partial charge in [0.05, 0.1) is 3.57 Å². The van der Waals surface area contributed by atoms with Crippen molar-refractivity contribution < 1.29 is 15.3 Å². The van der Waals surface area contributed by atoms with E-state index >= 15 is 0 Å². The predicted octanol–water partition coefficient (Wildman–Crippen LogP) is 1.88. The van der Waals surface area contributed by atoms with Crippen LogP contribution in [0.1, 0.15) is 5.56 Å². The van der Waals surface area contributed by atoms with Gasteiger partial charge in [-0.3, -0.25) is 0 Å². The monoisotopic (exact) mass is 403 g/mol. The van der Waals surface area contributed by atoms with Crippen molar-refractivity contribution in [3.05, 3.63) is 12.7 Å². The topological polar surface area (TPSA) is 84.5 Å². The third-order valence-corrected chi connectivity index (χ3v) is 3.49. The molecule has 0 bridgehead atoms. The van der Waals surface area contributed by atoms with Crippen LogP contribution < -0.4 is 0 Å². The third-order valence-electron chi connectivity index (χ3n) is 1.42. The smallest absolute Gasteiger partial charge is 0.178 e. The summed E-state index contributed by atoms with van der Waals surface area (Å²) in [6.07, 6.45) is 0. The van der Waals surface area contributed by atoms with Gasteiger partial charge in [-0.15, -0.1) is 0 Å². The number of aromatic hydroxyl groups is 3. The average Bonchev–Trinajstić information content (AvgIpc) is 2.13. The number of halogens is 2. The highest BCUT2D eigenvalue weighted by Crippen LogP contribution is 2.42. The lowest BCUT2D eigenvalue weighted by molar-refractivity contribution is 0.390. The molecule has 1 rings (SSSR count). The number of hydrogen-bond donors (Lipinski definition) is 3. The van der Waals surface area contributed by atoms with E-state index in [2.05, 4.69) is 0 Å². The van der Waals surface area contributed by atoms with Gasteiger partial charge in [0.15, 0.2) is 11.5 Å². The molecule has 0 aliphatic heterocycles. The summed E-state index contributed by atoms with van der Waals surface area (Å²) in [5, 5.41) is 36.5. The Kier molecular flexibility index (Phi) is 3.07. The zero-order valence-electron chi connectivity index (χ0n) is 6.04. The molecule has 0 heterocycles. The van der Waals surface area contributed by atoms with E-state index in [1.54, 1.807) is 51.3 Å². The number of nitriles is 1. The minimum absolute atomic E-state index is 0.115. The molecule has 68 valence electrons. The van der Waals surface area contributed by atoms with Gasteiger partial charge in [-0.25, -0.2) is 0 Å². The van der Waals surface area contributed by atoms with E-state index in [0.717, 1.165) is 0 Å². The quantitative estimate of drug-likeness (QED) is 0.351. The summed E-state index contributed by atoms with van der Waals surface area (Å²) in [4.78, 5) is 0. The van der Waals surface area contributed by atoms with E-state index in [-0.39, 0.29) is 18.5 Å². The molecule has 4 nitrogen and oxygen atoms in total. The first-order valence-corrected chi connectivity index (χ1v) is 5.18.